The van der Waals surface area contributed by atoms with Gasteiger partial charge in [-0.3, -0.25) is 10.4 Å². The molecule has 0 radical (unpaired) electrons. The Kier molecular flexibility index (Phi) is 4.43. The van der Waals surface area contributed by atoms with Crippen LogP contribution in [-0.2, 0) is 0 Å². The fourth-order valence-electron chi connectivity index (χ4n) is 3.37. The average molecular weight is 364 g/mol. The highest BCUT2D eigenvalue weighted by molar-refractivity contribution is 5.94. The molecule has 2 aromatic heterocycles. The number of aromatic nitrogens is 3. The zero-order valence-electron chi connectivity index (χ0n) is 15.5. The third kappa shape index (κ3) is 3.72. The lowest BCUT2D eigenvalue weighted by Crippen LogP contribution is -2.41. The summed E-state index contributed by atoms with van der Waals surface area (Å²) in [7, 11) is 0. The van der Waals surface area contributed by atoms with Gasteiger partial charge in [0.25, 0.3) is 0 Å². The van der Waals surface area contributed by atoms with Crippen LogP contribution in [0.5, 0.6) is 0 Å². The van der Waals surface area contributed by atoms with Crippen LogP contribution in [0, 0.1) is 0 Å². The summed E-state index contributed by atoms with van der Waals surface area (Å²) in [6.07, 6.45) is 5.27. The number of anilines is 2. The Labute approximate surface area is 158 Å². The first-order chi connectivity index (χ1) is 13.0. The van der Waals surface area contributed by atoms with E-state index in [1.165, 1.54) is 6.42 Å². The van der Waals surface area contributed by atoms with Gasteiger partial charge in [-0.15, -0.1) is 0 Å². The predicted octanol–water partition coefficient (Wildman–Crippen LogP) is 4.20. The molecule has 140 valence electrons. The van der Waals surface area contributed by atoms with E-state index in [2.05, 4.69) is 38.1 Å². The third-order valence-electron chi connectivity index (χ3n) is 5.21. The molecule has 1 aliphatic carbocycles. The summed E-state index contributed by atoms with van der Waals surface area (Å²) in [6, 6.07) is 11.2. The molecule has 1 saturated carbocycles. The molecular weight excluding hydrogens is 340 g/mol. The van der Waals surface area contributed by atoms with E-state index in [9.17, 15) is 4.79 Å². The number of nitrogens with one attached hydrogen (secondary N) is 4. The molecule has 3 aromatic rings. The van der Waals surface area contributed by atoms with Crippen molar-refractivity contribution in [2.75, 3.05) is 10.6 Å². The lowest BCUT2D eigenvalue weighted by molar-refractivity contribution is 0.249. The molecule has 7 nitrogen and oxygen atoms in total. The first kappa shape index (κ1) is 17.3. The van der Waals surface area contributed by atoms with Gasteiger partial charge in [0.1, 0.15) is 5.82 Å². The molecule has 0 aliphatic heterocycles. The summed E-state index contributed by atoms with van der Waals surface area (Å²) in [5.41, 5.74) is 2.00. The maximum Gasteiger partial charge on any atom is 0.320 e. The second kappa shape index (κ2) is 6.90. The van der Waals surface area contributed by atoms with E-state index in [1.54, 1.807) is 12.3 Å². The van der Waals surface area contributed by atoms with Crippen LogP contribution in [0.4, 0.5) is 16.4 Å². The summed E-state index contributed by atoms with van der Waals surface area (Å²) in [4.78, 5) is 16.6. The Morgan fingerprint density at radius 1 is 1.26 bits per heavy atom. The third-order valence-corrected chi connectivity index (χ3v) is 5.21. The molecule has 7 heteroatoms. The van der Waals surface area contributed by atoms with Crippen LogP contribution in [0.25, 0.3) is 10.9 Å². The summed E-state index contributed by atoms with van der Waals surface area (Å²) in [6.45, 7) is 4.15. The Balaban J connectivity index is 1.42. The van der Waals surface area contributed by atoms with Crippen molar-refractivity contribution < 1.29 is 4.79 Å². The Morgan fingerprint density at radius 2 is 2.04 bits per heavy atom. The number of rotatable bonds is 5. The summed E-state index contributed by atoms with van der Waals surface area (Å²) in [5.74, 6) is 1.29. The Bertz CT molecular complexity index is 948. The fourth-order valence-corrected chi connectivity index (χ4v) is 3.37. The second-order valence-electron chi connectivity index (χ2n) is 7.46. The summed E-state index contributed by atoms with van der Waals surface area (Å²) < 4.78 is 0. The molecule has 0 bridgehead atoms. The molecule has 1 aromatic carbocycles. The van der Waals surface area contributed by atoms with Crippen molar-refractivity contribution in [3.63, 3.8) is 0 Å². The molecule has 27 heavy (non-hydrogen) atoms. The van der Waals surface area contributed by atoms with Crippen molar-refractivity contribution in [1.29, 1.82) is 0 Å². The molecule has 0 saturated heterocycles. The van der Waals surface area contributed by atoms with Crippen LogP contribution in [0.1, 0.15) is 44.7 Å². The van der Waals surface area contributed by atoms with E-state index < -0.39 is 0 Å². The van der Waals surface area contributed by atoms with E-state index in [4.69, 9.17) is 0 Å². The average Bonchev–Trinajstić information content (AvgIpc) is 3.03. The minimum absolute atomic E-state index is 0.0962. The Morgan fingerprint density at radius 3 is 2.74 bits per heavy atom. The number of benzene rings is 1. The fraction of sp³-hybridized carbons (Fsp3) is 0.350. The van der Waals surface area contributed by atoms with Gasteiger partial charge in [0.15, 0.2) is 5.82 Å². The smallest absolute Gasteiger partial charge is 0.320 e. The van der Waals surface area contributed by atoms with E-state index in [0.29, 0.717) is 5.82 Å². The zero-order valence-corrected chi connectivity index (χ0v) is 15.5. The second-order valence-corrected chi connectivity index (χ2v) is 7.46. The highest BCUT2D eigenvalue weighted by Gasteiger charge is 2.32. The first-order valence-corrected chi connectivity index (χ1v) is 9.27. The number of carbonyl (C=O) groups is 1. The van der Waals surface area contributed by atoms with E-state index in [1.807, 2.05) is 37.3 Å². The van der Waals surface area contributed by atoms with Gasteiger partial charge in [-0.25, -0.2) is 9.78 Å². The number of hydrogen-bond donors (Lipinski definition) is 4. The number of carbonyl (C=O) groups excluding carboxylic acids is 1. The topological polar surface area (TPSA) is 94.7 Å². The van der Waals surface area contributed by atoms with Crippen LogP contribution in [0.2, 0.25) is 0 Å². The van der Waals surface area contributed by atoms with E-state index in [0.717, 1.165) is 35.1 Å². The largest absolute Gasteiger partial charge is 0.363 e. The van der Waals surface area contributed by atoms with Crippen LogP contribution in [0.15, 0.2) is 42.6 Å². The number of urea groups is 1. The molecule has 1 aliphatic rings. The lowest BCUT2D eigenvalue weighted by Gasteiger charge is -2.39. The quantitative estimate of drug-likeness (QED) is 0.546. The maximum absolute atomic E-state index is 12.3. The summed E-state index contributed by atoms with van der Waals surface area (Å²) in [5, 5.41) is 17.5. The standard InChI is InChI=1S/C20H24N6O/c1-13(14-7-4-3-5-8-14)22-19(27)23-17-11-16-15(12-21-17)18(26-25-16)24-20(2)9-6-10-20/h3-5,7-8,11-13H,6,9-10H2,1-2H3,(H2,24,25,26)(H2,21,22,23,27)/t13-/m1/s1. The highest BCUT2D eigenvalue weighted by atomic mass is 16.2. The van der Waals surface area contributed by atoms with Gasteiger partial charge in [0.05, 0.1) is 16.9 Å². The number of pyridine rings is 1. The molecule has 2 amide bonds. The van der Waals surface area contributed by atoms with E-state index in [-0.39, 0.29) is 17.6 Å². The minimum Gasteiger partial charge on any atom is -0.363 e. The van der Waals surface area contributed by atoms with E-state index >= 15 is 0 Å². The van der Waals surface area contributed by atoms with Crippen molar-refractivity contribution >= 4 is 28.6 Å². The molecule has 2 heterocycles. The number of fused-ring (bicyclic) bond motifs is 1. The van der Waals surface area contributed by atoms with Crippen molar-refractivity contribution in [2.24, 2.45) is 0 Å². The number of nitrogens with zero attached hydrogens (tertiary/aromatic N) is 2. The van der Waals surface area contributed by atoms with Gasteiger partial charge in [-0.2, -0.15) is 5.10 Å². The predicted molar refractivity (Wildman–Crippen MR) is 107 cm³/mol. The molecule has 4 N–H and O–H groups in total. The summed E-state index contributed by atoms with van der Waals surface area (Å²) >= 11 is 0. The van der Waals surface area contributed by atoms with Gasteiger partial charge in [-0.1, -0.05) is 30.3 Å². The number of amides is 2. The molecular formula is C20H24N6O. The molecule has 4 rings (SSSR count). The van der Waals surface area contributed by atoms with Crippen molar-refractivity contribution in [3.05, 3.63) is 48.2 Å². The lowest BCUT2D eigenvalue weighted by atomic mass is 9.78. The molecule has 0 unspecified atom stereocenters. The SMILES string of the molecule is C[C@@H](NC(=O)Nc1cc2[nH]nc(NC3(C)CCC3)c2cn1)c1ccccc1. The van der Waals surface area contributed by atoms with Crippen LogP contribution < -0.4 is 16.0 Å². The molecule has 0 spiro atoms. The first-order valence-electron chi connectivity index (χ1n) is 9.27. The van der Waals surface area contributed by atoms with Gasteiger partial charge >= 0.3 is 6.03 Å². The monoisotopic (exact) mass is 364 g/mol. The zero-order chi connectivity index (χ0) is 18.9. The Hall–Kier alpha value is -3.09. The van der Waals surface area contributed by atoms with Crippen molar-refractivity contribution in [2.45, 2.75) is 44.7 Å². The number of H-pyrrole nitrogens is 1. The van der Waals surface area contributed by atoms with Crippen LogP contribution in [0.3, 0.4) is 0 Å². The van der Waals surface area contributed by atoms with Gasteiger partial charge in [0.2, 0.25) is 0 Å². The molecule has 1 fully saturated rings. The van der Waals surface area contributed by atoms with Gasteiger partial charge in [0, 0.05) is 17.8 Å². The van der Waals surface area contributed by atoms with Crippen LogP contribution >= 0.6 is 0 Å². The van der Waals surface area contributed by atoms with Gasteiger partial charge in [-0.05, 0) is 38.7 Å². The van der Waals surface area contributed by atoms with Crippen molar-refractivity contribution in [1.82, 2.24) is 20.5 Å². The number of aromatic amines is 1. The number of hydrogen-bond acceptors (Lipinski definition) is 4. The minimum atomic E-state index is -0.293. The van der Waals surface area contributed by atoms with Gasteiger partial charge < -0.3 is 10.6 Å². The van der Waals surface area contributed by atoms with Crippen LogP contribution in [-0.4, -0.2) is 26.8 Å². The maximum atomic E-state index is 12.3. The molecule has 1 atom stereocenters. The normalized spacial score (nSPS) is 16.4. The van der Waals surface area contributed by atoms with Crippen molar-refractivity contribution in [3.8, 4) is 0 Å². The highest BCUT2D eigenvalue weighted by Crippen LogP contribution is 2.35.